The van der Waals surface area contributed by atoms with Gasteiger partial charge in [-0.25, -0.2) is 9.67 Å². The number of fused-ring (bicyclic) bond motifs is 1. The van der Waals surface area contributed by atoms with Crippen LogP contribution in [0.1, 0.15) is 10.5 Å². The average molecular weight is 295 g/mol. The zero-order chi connectivity index (χ0) is 15.4. The summed E-state index contributed by atoms with van der Waals surface area (Å²) in [6, 6.07) is 10.3. The van der Waals surface area contributed by atoms with Crippen molar-refractivity contribution in [1.82, 2.24) is 25.1 Å². The molecule has 0 fully saturated rings. The first-order chi connectivity index (χ1) is 10.7. The van der Waals surface area contributed by atoms with Gasteiger partial charge in [-0.05, 0) is 18.2 Å². The number of aromatic nitrogens is 4. The number of nitrogens with zero attached hydrogens (tertiary/aromatic N) is 4. The van der Waals surface area contributed by atoms with Crippen LogP contribution >= 0.6 is 0 Å². The Kier molecular flexibility index (Phi) is 3.86. The first-order valence-corrected chi connectivity index (χ1v) is 6.76. The van der Waals surface area contributed by atoms with Crippen LogP contribution in [-0.2, 0) is 6.54 Å². The minimum absolute atomic E-state index is 0.206. The molecule has 0 aliphatic rings. The second-order valence-electron chi connectivity index (χ2n) is 4.58. The Morgan fingerprint density at radius 2 is 1.95 bits per heavy atom. The van der Waals surface area contributed by atoms with E-state index >= 15 is 0 Å². The van der Waals surface area contributed by atoms with Crippen molar-refractivity contribution in [2.45, 2.75) is 6.54 Å². The summed E-state index contributed by atoms with van der Waals surface area (Å²) in [5, 5.41) is 6.61. The number of hydrogen-bond donors (Lipinski definition) is 1. The van der Waals surface area contributed by atoms with E-state index in [0.29, 0.717) is 12.1 Å². The highest BCUT2D eigenvalue weighted by atomic mass is 16.2. The molecule has 0 spiro atoms. The molecule has 0 bridgehead atoms. The minimum atomic E-state index is -0.331. The first kappa shape index (κ1) is 13.9. The van der Waals surface area contributed by atoms with E-state index in [1.54, 1.807) is 12.1 Å². The molecule has 1 N–H and O–H groups in total. The number of amides is 1. The van der Waals surface area contributed by atoms with Crippen molar-refractivity contribution in [2.75, 3.05) is 6.54 Å². The second kappa shape index (κ2) is 6.13. The van der Waals surface area contributed by atoms with Crippen LogP contribution in [-0.4, -0.2) is 32.2 Å². The van der Waals surface area contributed by atoms with Crippen LogP contribution in [0.5, 0.6) is 0 Å². The van der Waals surface area contributed by atoms with E-state index in [1.165, 1.54) is 23.1 Å². The molecule has 110 valence electrons. The highest BCUT2D eigenvalue weighted by Gasteiger charge is 2.08. The van der Waals surface area contributed by atoms with Crippen molar-refractivity contribution in [3.8, 4) is 0 Å². The largest absolute Gasteiger partial charge is 0.349 e. The quantitative estimate of drug-likeness (QED) is 0.762. The predicted octanol–water partition coefficient (Wildman–Crippen LogP) is 0.616. The van der Waals surface area contributed by atoms with Crippen molar-refractivity contribution < 1.29 is 4.79 Å². The molecular weight excluding hydrogens is 282 g/mol. The van der Waals surface area contributed by atoms with Crippen molar-refractivity contribution in [3.05, 3.63) is 64.8 Å². The molecule has 3 aromatic rings. The predicted molar refractivity (Wildman–Crippen MR) is 80.4 cm³/mol. The fraction of sp³-hybridized carbons (Fsp3) is 0.133. The summed E-state index contributed by atoms with van der Waals surface area (Å²) in [6.45, 7) is 0.580. The zero-order valence-corrected chi connectivity index (χ0v) is 11.6. The van der Waals surface area contributed by atoms with Crippen molar-refractivity contribution in [1.29, 1.82) is 0 Å². The van der Waals surface area contributed by atoms with Gasteiger partial charge in [0.05, 0.1) is 23.8 Å². The Labute approximate surface area is 125 Å². The van der Waals surface area contributed by atoms with Gasteiger partial charge in [0.2, 0.25) is 0 Å². The van der Waals surface area contributed by atoms with Gasteiger partial charge in [0, 0.05) is 18.8 Å². The molecule has 2 heterocycles. The van der Waals surface area contributed by atoms with Crippen LogP contribution in [0.15, 0.2) is 53.6 Å². The van der Waals surface area contributed by atoms with Crippen molar-refractivity contribution >= 4 is 16.9 Å². The van der Waals surface area contributed by atoms with E-state index < -0.39 is 0 Å². The Bertz CT molecular complexity index is 875. The fourth-order valence-corrected chi connectivity index (χ4v) is 1.99. The number of hydrogen-bond acceptors (Lipinski definition) is 5. The summed E-state index contributed by atoms with van der Waals surface area (Å²) in [4.78, 5) is 32.0. The standard InChI is InChI=1S/C15H13N5O2/c21-14-6-3-7-18-20(14)9-8-16-15(22)13-10-17-11-4-1-2-5-12(11)19-13/h1-7,10H,8-9H2,(H,16,22). The molecule has 1 amide bonds. The number of carbonyl (C=O) groups is 1. The molecule has 2 aromatic heterocycles. The third kappa shape index (κ3) is 2.98. The number of para-hydroxylation sites is 2. The average Bonchev–Trinajstić information content (AvgIpc) is 2.56. The highest BCUT2D eigenvalue weighted by molar-refractivity contribution is 5.93. The molecule has 3 rings (SSSR count). The Morgan fingerprint density at radius 3 is 2.77 bits per heavy atom. The Balaban J connectivity index is 1.66. The van der Waals surface area contributed by atoms with Gasteiger partial charge in [-0.1, -0.05) is 12.1 Å². The van der Waals surface area contributed by atoms with Gasteiger partial charge < -0.3 is 5.32 Å². The lowest BCUT2D eigenvalue weighted by molar-refractivity contribution is 0.0946. The molecule has 0 saturated carbocycles. The summed E-state index contributed by atoms with van der Waals surface area (Å²) < 4.78 is 1.28. The van der Waals surface area contributed by atoms with E-state index in [2.05, 4.69) is 20.4 Å². The van der Waals surface area contributed by atoms with Crippen LogP contribution in [0.4, 0.5) is 0 Å². The first-order valence-electron chi connectivity index (χ1n) is 6.76. The third-order valence-electron chi connectivity index (χ3n) is 3.08. The zero-order valence-electron chi connectivity index (χ0n) is 11.6. The van der Waals surface area contributed by atoms with Gasteiger partial charge in [0.1, 0.15) is 5.69 Å². The van der Waals surface area contributed by atoms with Gasteiger partial charge >= 0.3 is 0 Å². The number of nitrogens with one attached hydrogen (secondary N) is 1. The van der Waals surface area contributed by atoms with Crippen LogP contribution in [0.25, 0.3) is 11.0 Å². The summed E-state index contributed by atoms with van der Waals surface area (Å²) in [6.07, 6.45) is 2.96. The molecular formula is C15H13N5O2. The maximum absolute atomic E-state index is 12.0. The van der Waals surface area contributed by atoms with Gasteiger partial charge in [-0.15, -0.1) is 0 Å². The molecule has 0 saturated heterocycles. The van der Waals surface area contributed by atoms with Crippen molar-refractivity contribution in [3.63, 3.8) is 0 Å². The minimum Gasteiger partial charge on any atom is -0.349 e. The van der Waals surface area contributed by atoms with Gasteiger partial charge in [0.15, 0.2) is 0 Å². The van der Waals surface area contributed by atoms with Crippen LogP contribution in [0, 0.1) is 0 Å². The topological polar surface area (TPSA) is 89.8 Å². The fourth-order valence-electron chi connectivity index (χ4n) is 1.99. The third-order valence-corrected chi connectivity index (χ3v) is 3.08. The summed E-state index contributed by atoms with van der Waals surface area (Å²) in [5.74, 6) is -0.331. The lowest BCUT2D eigenvalue weighted by atomic mass is 10.3. The molecule has 22 heavy (non-hydrogen) atoms. The molecule has 0 atom stereocenters. The van der Waals surface area contributed by atoms with E-state index in [4.69, 9.17) is 0 Å². The van der Waals surface area contributed by atoms with Gasteiger partial charge in [-0.3, -0.25) is 14.6 Å². The maximum Gasteiger partial charge on any atom is 0.271 e. The summed E-state index contributed by atoms with van der Waals surface area (Å²) in [5.41, 5.74) is 1.43. The lowest BCUT2D eigenvalue weighted by Crippen LogP contribution is -2.32. The van der Waals surface area contributed by atoms with E-state index in [9.17, 15) is 9.59 Å². The molecule has 0 unspecified atom stereocenters. The molecule has 1 aromatic carbocycles. The smallest absolute Gasteiger partial charge is 0.271 e. The summed E-state index contributed by atoms with van der Waals surface area (Å²) >= 11 is 0. The highest BCUT2D eigenvalue weighted by Crippen LogP contribution is 2.08. The SMILES string of the molecule is O=C(NCCn1ncccc1=O)c1cnc2ccccc2n1. The van der Waals surface area contributed by atoms with Crippen LogP contribution in [0.2, 0.25) is 0 Å². The van der Waals surface area contributed by atoms with Crippen molar-refractivity contribution in [2.24, 2.45) is 0 Å². The molecule has 7 heteroatoms. The molecule has 7 nitrogen and oxygen atoms in total. The number of benzene rings is 1. The molecule has 0 aliphatic carbocycles. The summed E-state index contributed by atoms with van der Waals surface area (Å²) in [7, 11) is 0. The van der Waals surface area contributed by atoms with Gasteiger partial charge in [0.25, 0.3) is 11.5 Å². The number of carbonyl (C=O) groups excluding carboxylic acids is 1. The van der Waals surface area contributed by atoms with E-state index in [1.807, 2.05) is 18.2 Å². The van der Waals surface area contributed by atoms with E-state index in [-0.39, 0.29) is 23.7 Å². The number of rotatable bonds is 4. The molecule has 0 aliphatic heterocycles. The van der Waals surface area contributed by atoms with Crippen LogP contribution < -0.4 is 10.9 Å². The lowest BCUT2D eigenvalue weighted by Gasteiger charge is -2.06. The Hall–Kier alpha value is -3.09. The normalized spacial score (nSPS) is 10.5. The van der Waals surface area contributed by atoms with Gasteiger partial charge in [-0.2, -0.15) is 5.10 Å². The maximum atomic E-state index is 12.0. The monoisotopic (exact) mass is 295 g/mol. The molecule has 0 radical (unpaired) electrons. The Morgan fingerprint density at radius 1 is 1.14 bits per heavy atom. The van der Waals surface area contributed by atoms with E-state index in [0.717, 1.165) is 5.52 Å². The second-order valence-corrected chi connectivity index (χ2v) is 4.58. The van der Waals surface area contributed by atoms with Crippen LogP contribution in [0.3, 0.4) is 0 Å².